The lowest BCUT2D eigenvalue weighted by atomic mass is 10.0. The van der Waals surface area contributed by atoms with Gasteiger partial charge in [0.2, 0.25) is 0 Å². The first-order chi connectivity index (χ1) is 21.7. The van der Waals surface area contributed by atoms with E-state index in [0.29, 0.717) is 51.6 Å². The number of carboxylic acids is 1. The summed E-state index contributed by atoms with van der Waals surface area (Å²) in [6, 6.07) is 19.3. The van der Waals surface area contributed by atoms with Gasteiger partial charge in [-0.2, -0.15) is 26.3 Å². The molecule has 5 rings (SSSR count). The number of imidazole rings is 1. The van der Waals surface area contributed by atoms with Crippen molar-refractivity contribution in [3.05, 3.63) is 113 Å². The standard InChI is InChI=1S/C34H26F6N2O4/c1-19-14-20(4-13-28(19)32(43)44)18-42-30(22-7-11-27(46-3)12-8-22)29(21-5-9-26(45-2)10-6-21)41-31(42)23-15-24(33(35,36)37)17-25(16-23)34(38,39)40/h4-17H,18H2,1-3H3,(H,43,44). The predicted molar refractivity (Wildman–Crippen MR) is 159 cm³/mol. The van der Waals surface area contributed by atoms with Crippen LogP contribution >= 0.6 is 0 Å². The number of carbonyl (C=O) groups is 1. The summed E-state index contributed by atoms with van der Waals surface area (Å²) < 4.78 is 95.7. The number of aromatic carboxylic acids is 1. The van der Waals surface area contributed by atoms with Gasteiger partial charge in [0.25, 0.3) is 0 Å². The Bertz CT molecular complexity index is 1860. The molecule has 0 radical (unpaired) electrons. The Labute approximate surface area is 259 Å². The van der Waals surface area contributed by atoms with Crippen LogP contribution in [0.3, 0.4) is 0 Å². The summed E-state index contributed by atoms with van der Waals surface area (Å²) in [5, 5.41) is 9.51. The van der Waals surface area contributed by atoms with Gasteiger partial charge in [0.05, 0.1) is 42.3 Å². The first-order valence-corrected chi connectivity index (χ1v) is 13.7. The molecule has 0 bridgehead atoms. The number of hydrogen-bond donors (Lipinski definition) is 1. The SMILES string of the molecule is COc1ccc(-c2nc(-c3cc(C(F)(F)F)cc(C(F)(F)F)c3)n(Cc3ccc(C(=O)O)c(C)c3)c2-c2ccc(OC)cc2)cc1. The molecular formula is C34H26F6N2O4. The van der Waals surface area contributed by atoms with Gasteiger partial charge in [-0.25, -0.2) is 9.78 Å². The van der Waals surface area contributed by atoms with Crippen LogP contribution in [0.25, 0.3) is 33.9 Å². The molecule has 238 valence electrons. The van der Waals surface area contributed by atoms with Gasteiger partial charge in [-0.1, -0.05) is 12.1 Å². The highest BCUT2D eigenvalue weighted by Gasteiger charge is 2.38. The molecule has 0 unspecified atom stereocenters. The largest absolute Gasteiger partial charge is 0.497 e. The average molecular weight is 641 g/mol. The van der Waals surface area contributed by atoms with Crippen molar-refractivity contribution in [2.45, 2.75) is 25.8 Å². The van der Waals surface area contributed by atoms with Gasteiger partial charge in [-0.3, -0.25) is 0 Å². The maximum Gasteiger partial charge on any atom is 0.416 e. The summed E-state index contributed by atoms with van der Waals surface area (Å²) in [5.74, 6) is -0.255. The van der Waals surface area contributed by atoms with Crippen molar-refractivity contribution >= 4 is 5.97 Å². The normalized spacial score (nSPS) is 11.8. The zero-order valence-corrected chi connectivity index (χ0v) is 24.6. The van der Waals surface area contributed by atoms with Crippen LogP contribution in [0.4, 0.5) is 26.3 Å². The number of halogens is 6. The molecule has 0 amide bonds. The van der Waals surface area contributed by atoms with Crippen molar-refractivity contribution in [3.63, 3.8) is 0 Å². The van der Waals surface area contributed by atoms with E-state index in [-0.39, 0.29) is 29.7 Å². The number of carboxylic acid groups (broad SMARTS) is 1. The fourth-order valence-electron chi connectivity index (χ4n) is 5.15. The molecule has 0 aliphatic heterocycles. The van der Waals surface area contributed by atoms with Crippen LogP contribution in [-0.4, -0.2) is 34.8 Å². The Morgan fingerprint density at radius 1 is 0.739 bits per heavy atom. The number of alkyl halides is 6. The van der Waals surface area contributed by atoms with Crippen molar-refractivity contribution in [1.82, 2.24) is 9.55 Å². The number of aromatic nitrogens is 2. The quantitative estimate of drug-likeness (QED) is 0.172. The molecule has 0 aliphatic rings. The van der Waals surface area contributed by atoms with E-state index in [0.717, 1.165) is 0 Å². The van der Waals surface area contributed by atoms with Gasteiger partial charge in [0.1, 0.15) is 17.3 Å². The molecule has 0 spiro atoms. The molecular weight excluding hydrogens is 614 g/mol. The summed E-state index contributed by atoms with van der Waals surface area (Å²) >= 11 is 0. The van der Waals surface area contributed by atoms with E-state index in [1.807, 2.05) is 0 Å². The number of rotatable bonds is 8. The molecule has 0 aliphatic carbocycles. The molecule has 1 heterocycles. The first kappa shape index (κ1) is 32.1. The van der Waals surface area contributed by atoms with Gasteiger partial charge >= 0.3 is 18.3 Å². The molecule has 6 nitrogen and oxygen atoms in total. The van der Waals surface area contributed by atoms with Gasteiger partial charge < -0.3 is 19.1 Å². The summed E-state index contributed by atoms with van der Waals surface area (Å²) in [6.45, 7) is 1.52. The van der Waals surface area contributed by atoms with Crippen LogP contribution in [0.5, 0.6) is 11.5 Å². The maximum absolute atomic E-state index is 13.9. The van der Waals surface area contributed by atoms with Crippen molar-refractivity contribution in [3.8, 4) is 45.4 Å². The van der Waals surface area contributed by atoms with Crippen molar-refractivity contribution < 1.29 is 45.7 Å². The fraction of sp³-hybridized carbons (Fsp3) is 0.176. The van der Waals surface area contributed by atoms with Crippen LogP contribution in [-0.2, 0) is 18.9 Å². The molecule has 12 heteroatoms. The fourth-order valence-corrected chi connectivity index (χ4v) is 5.15. The number of ether oxygens (including phenoxy) is 2. The lowest BCUT2D eigenvalue weighted by Crippen LogP contribution is -2.12. The molecule has 5 aromatic rings. The molecule has 1 N–H and O–H groups in total. The number of methoxy groups -OCH3 is 2. The lowest BCUT2D eigenvalue weighted by molar-refractivity contribution is -0.143. The van der Waals surface area contributed by atoms with E-state index in [9.17, 15) is 36.2 Å². The van der Waals surface area contributed by atoms with E-state index in [4.69, 9.17) is 14.5 Å². The van der Waals surface area contributed by atoms with Crippen molar-refractivity contribution in [1.29, 1.82) is 0 Å². The molecule has 0 fully saturated rings. The monoisotopic (exact) mass is 640 g/mol. The van der Waals surface area contributed by atoms with E-state index in [2.05, 4.69) is 0 Å². The van der Waals surface area contributed by atoms with E-state index in [1.54, 1.807) is 67.6 Å². The third-order valence-electron chi connectivity index (χ3n) is 7.40. The summed E-state index contributed by atoms with van der Waals surface area (Å²) in [5.41, 5.74) is -0.601. The molecule has 0 saturated carbocycles. The number of nitrogens with zero attached hydrogens (tertiary/aromatic N) is 2. The zero-order chi connectivity index (χ0) is 33.4. The Morgan fingerprint density at radius 3 is 1.72 bits per heavy atom. The Hall–Kier alpha value is -5.26. The second-order valence-electron chi connectivity index (χ2n) is 10.4. The molecule has 4 aromatic carbocycles. The first-order valence-electron chi connectivity index (χ1n) is 13.7. The summed E-state index contributed by atoms with van der Waals surface area (Å²) in [7, 11) is 2.96. The molecule has 0 saturated heterocycles. The second kappa shape index (κ2) is 12.3. The highest BCUT2D eigenvalue weighted by Crippen LogP contribution is 2.42. The summed E-state index contributed by atoms with van der Waals surface area (Å²) in [4.78, 5) is 16.3. The third kappa shape index (κ3) is 6.56. The van der Waals surface area contributed by atoms with E-state index < -0.39 is 35.0 Å². The minimum atomic E-state index is -5.07. The van der Waals surface area contributed by atoms with Crippen LogP contribution < -0.4 is 9.47 Å². The molecule has 46 heavy (non-hydrogen) atoms. The van der Waals surface area contributed by atoms with Gasteiger partial charge in [0, 0.05) is 23.2 Å². The number of benzene rings is 4. The third-order valence-corrected chi connectivity index (χ3v) is 7.40. The molecule has 1 aromatic heterocycles. The zero-order valence-electron chi connectivity index (χ0n) is 24.6. The van der Waals surface area contributed by atoms with E-state index >= 15 is 0 Å². The minimum absolute atomic E-state index is 0.0524. The Kier molecular flexibility index (Phi) is 8.57. The highest BCUT2D eigenvalue weighted by molar-refractivity contribution is 5.89. The second-order valence-corrected chi connectivity index (χ2v) is 10.4. The highest BCUT2D eigenvalue weighted by atomic mass is 19.4. The van der Waals surface area contributed by atoms with Crippen LogP contribution in [0.1, 0.15) is 32.6 Å². The van der Waals surface area contributed by atoms with Crippen molar-refractivity contribution in [2.75, 3.05) is 14.2 Å². The lowest BCUT2D eigenvalue weighted by Gasteiger charge is -2.17. The predicted octanol–water partition coefficient (Wildman–Crippen LogP) is 8.99. The number of aryl methyl sites for hydroxylation is 1. The Morgan fingerprint density at radius 2 is 1.26 bits per heavy atom. The van der Waals surface area contributed by atoms with Crippen LogP contribution in [0, 0.1) is 6.92 Å². The van der Waals surface area contributed by atoms with E-state index in [1.165, 1.54) is 24.9 Å². The van der Waals surface area contributed by atoms with Gasteiger partial charge in [0.15, 0.2) is 0 Å². The Balaban J connectivity index is 1.85. The summed E-state index contributed by atoms with van der Waals surface area (Å²) in [6.07, 6.45) is -10.1. The van der Waals surface area contributed by atoms with Crippen LogP contribution in [0.2, 0.25) is 0 Å². The maximum atomic E-state index is 13.9. The topological polar surface area (TPSA) is 73.6 Å². The van der Waals surface area contributed by atoms with Crippen molar-refractivity contribution in [2.24, 2.45) is 0 Å². The van der Waals surface area contributed by atoms with Gasteiger partial charge in [-0.15, -0.1) is 0 Å². The minimum Gasteiger partial charge on any atom is -0.497 e. The molecule has 0 atom stereocenters. The van der Waals surface area contributed by atoms with Crippen LogP contribution in [0.15, 0.2) is 84.9 Å². The smallest absolute Gasteiger partial charge is 0.416 e. The number of hydrogen-bond acceptors (Lipinski definition) is 4. The average Bonchev–Trinajstić information content (AvgIpc) is 3.38. The van der Waals surface area contributed by atoms with Gasteiger partial charge in [-0.05, 0) is 90.8 Å².